The Morgan fingerprint density at radius 3 is 2.73 bits per heavy atom. The summed E-state index contributed by atoms with van der Waals surface area (Å²) in [5, 5.41) is 3.55. The van der Waals surface area contributed by atoms with Crippen LogP contribution in [0.4, 0.5) is 0 Å². The monoisotopic (exact) mass is 209 g/mol. The van der Waals surface area contributed by atoms with Gasteiger partial charge in [-0.3, -0.25) is 0 Å². The van der Waals surface area contributed by atoms with Crippen molar-refractivity contribution in [2.45, 2.75) is 46.1 Å². The number of likely N-dealkylation sites (N-methyl/N-ethyl adjacent to an activating group) is 1. The van der Waals surface area contributed by atoms with Gasteiger partial charge in [-0.2, -0.15) is 0 Å². The normalized spacial score (nSPS) is 15.1. The Morgan fingerprint density at radius 1 is 1.40 bits per heavy atom. The Bertz CT molecular complexity index is 243. The van der Waals surface area contributed by atoms with Crippen molar-refractivity contribution >= 4 is 0 Å². The van der Waals surface area contributed by atoms with Crippen molar-refractivity contribution < 1.29 is 4.42 Å². The highest BCUT2D eigenvalue weighted by Crippen LogP contribution is 2.15. The molecule has 0 aliphatic carbocycles. The quantitative estimate of drug-likeness (QED) is 0.745. The van der Waals surface area contributed by atoms with Gasteiger partial charge in [-0.1, -0.05) is 27.2 Å². The first-order chi connectivity index (χ1) is 7.27. The molecule has 0 amide bonds. The Hall–Kier alpha value is -0.760. The maximum absolute atomic E-state index is 5.40. The minimum atomic E-state index is 0.543. The van der Waals surface area contributed by atoms with Crippen molar-refractivity contribution in [1.82, 2.24) is 5.32 Å². The molecule has 15 heavy (non-hydrogen) atoms. The van der Waals surface area contributed by atoms with Crippen molar-refractivity contribution in [2.75, 3.05) is 6.54 Å². The molecule has 1 aromatic heterocycles. The summed E-state index contributed by atoms with van der Waals surface area (Å²) in [5.74, 6) is 1.80. The molecule has 0 radical (unpaired) electrons. The van der Waals surface area contributed by atoms with Crippen LogP contribution in [0.25, 0.3) is 0 Å². The van der Waals surface area contributed by atoms with Gasteiger partial charge in [0.1, 0.15) is 5.76 Å². The molecule has 1 N–H and O–H groups in total. The second kappa shape index (κ2) is 6.67. The van der Waals surface area contributed by atoms with Crippen molar-refractivity contribution in [2.24, 2.45) is 5.92 Å². The Kier molecular flexibility index (Phi) is 5.48. The minimum Gasteiger partial charge on any atom is -0.469 e. The van der Waals surface area contributed by atoms with Crippen molar-refractivity contribution in [1.29, 1.82) is 0 Å². The van der Waals surface area contributed by atoms with Gasteiger partial charge in [0.2, 0.25) is 0 Å². The lowest BCUT2D eigenvalue weighted by Crippen LogP contribution is -2.36. The molecule has 0 fully saturated rings. The van der Waals surface area contributed by atoms with E-state index in [0.29, 0.717) is 12.0 Å². The van der Waals surface area contributed by atoms with Gasteiger partial charge >= 0.3 is 0 Å². The molecule has 0 saturated carbocycles. The summed E-state index contributed by atoms with van der Waals surface area (Å²) < 4.78 is 5.40. The molecule has 0 spiro atoms. The lowest BCUT2D eigenvalue weighted by atomic mass is 9.93. The maximum Gasteiger partial charge on any atom is 0.105 e. The second-order valence-corrected chi connectivity index (χ2v) is 4.21. The second-order valence-electron chi connectivity index (χ2n) is 4.21. The van der Waals surface area contributed by atoms with Gasteiger partial charge in [0.05, 0.1) is 6.26 Å². The minimum absolute atomic E-state index is 0.543. The molecule has 1 heterocycles. The first kappa shape index (κ1) is 12.3. The van der Waals surface area contributed by atoms with E-state index in [-0.39, 0.29) is 0 Å². The summed E-state index contributed by atoms with van der Waals surface area (Å²) in [6.07, 6.45) is 5.28. The molecule has 0 aliphatic heterocycles. The van der Waals surface area contributed by atoms with Gasteiger partial charge in [0, 0.05) is 12.5 Å². The molecule has 0 bridgehead atoms. The summed E-state index contributed by atoms with van der Waals surface area (Å²) in [7, 11) is 0. The zero-order valence-corrected chi connectivity index (χ0v) is 10.1. The van der Waals surface area contributed by atoms with Gasteiger partial charge in [-0.05, 0) is 31.0 Å². The van der Waals surface area contributed by atoms with E-state index in [0.717, 1.165) is 18.7 Å². The first-order valence-electron chi connectivity index (χ1n) is 6.03. The van der Waals surface area contributed by atoms with Crippen molar-refractivity contribution in [3.05, 3.63) is 24.2 Å². The van der Waals surface area contributed by atoms with Crippen molar-refractivity contribution in [3.8, 4) is 0 Å². The predicted octanol–water partition coefficient (Wildman–Crippen LogP) is 3.24. The van der Waals surface area contributed by atoms with Crippen LogP contribution in [0.1, 0.15) is 39.4 Å². The van der Waals surface area contributed by atoms with E-state index in [2.05, 4.69) is 32.2 Å². The molecule has 86 valence electrons. The van der Waals surface area contributed by atoms with E-state index in [1.807, 2.05) is 6.07 Å². The van der Waals surface area contributed by atoms with Crippen LogP contribution in [0.3, 0.4) is 0 Å². The summed E-state index contributed by atoms with van der Waals surface area (Å²) in [6, 6.07) is 4.56. The van der Waals surface area contributed by atoms with Crippen LogP contribution >= 0.6 is 0 Å². The highest BCUT2D eigenvalue weighted by atomic mass is 16.3. The summed E-state index contributed by atoms with van der Waals surface area (Å²) in [4.78, 5) is 0. The number of nitrogens with one attached hydrogen (secondary N) is 1. The van der Waals surface area contributed by atoms with E-state index in [4.69, 9.17) is 4.42 Å². The smallest absolute Gasteiger partial charge is 0.105 e. The molecule has 0 aliphatic rings. The number of hydrogen-bond donors (Lipinski definition) is 1. The zero-order valence-electron chi connectivity index (χ0n) is 10.1. The summed E-state index contributed by atoms with van der Waals surface area (Å²) in [6.45, 7) is 7.75. The van der Waals surface area contributed by atoms with Crippen LogP contribution in [0.2, 0.25) is 0 Å². The average Bonchev–Trinajstić information content (AvgIpc) is 2.70. The SMILES string of the molecule is CCCC(C)C(Cc1ccco1)NCC. The van der Waals surface area contributed by atoms with Gasteiger partial charge in [-0.25, -0.2) is 0 Å². The molecule has 1 aromatic rings. The maximum atomic E-state index is 5.40. The largest absolute Gasteiger partial charge is 0.469 e. The van der Waals surface area contributed by atoms with Crippen LogP contribution in [-0.2, 0) is 6.42 Å². The Morgan fingerprint density at radius 2 is 2.20 bits per heavy atom. The van der Waals surface area contributed by atoms with E-state index < -0.39 is 0 Å². The standard InChI is InChI=1S/C13H23NO/c1-4-7-11(3)13(14-5-2)10-12-8-6-9-15-12/h6,8-9,11,13-14H,4-5,7,10H2,1-3H3. The number of rotatable bonds is 7. The molecule has 2 heteroatoms. The van der Waals surface area contributed by atoms with E-state index >= 15 is 0 Å². The third kappa shape index (κ3) is 4.08. The van der Waals surface area contributed by atoms with Gasteiger partial charge < -0.3 is 9.73 Å². The first-order valence-corrected chi connectivity index (χ1v) is 6.03. The topological polar surface area (TPSA) is 25.2 Å². The zero-order chi connectivity index (χ0) is 11.1. The summed E-state index contributed by atoms with van der Waals surface area (Å²) in [5.41, 5.74) is 0. The van der Waals surface area contributed by atoms with Crippen LogP contribution in [0, 0.1) is 5.92 Å². The summed E-state index contributed by atoms with van der Waals surface area (Å²) >= 11 is 0. The molecule has 2 nitrogen and oxygen atoms in total. The lowest BCUT2D eigenvalue weighted by molar-refractivity contribution is 0.337. The molecule has 1 rings (SSSR count). The average molecular weight is 209 g/mol. The molecular weight excluding hydrogens is 186 g/mol. The third-order valence-electron chi connectivity index (χ3n) is 2.90. The van der Waals surface area contributed by atoms with Gasteiger partial charge in [0.25, 0.3) is 0 Å². The van der Waals surface area contributed by atoms with Gasteiger partial charge in [-0.15, -0.1) is 0 Å². The van der Waals surface area contributed by atoms with Crippen LogP contribution in [-0.4, -0.2) is 12.6 Å². The van der Waals surface area contributed by atoms with Gasteiger partial charge in [0.15, 0.2) is 0 Å². The molecule has 0 aromatic carbocycles. The van der Waals surface area contributed by atoms with E-state index in [1.54, 1.807) is 6.26 Å². The van der Waals surface area contributed by atoms with Crippen LogP contribution in [0.15, 0.2) is 22.8 Å². The fourth-order valence-electron chi connectivity index (χ4n) is 2.04. The molecule has 2 atom stereocenters. The predicted molar refractivity (Wildman–Crippen MR) is 63.9 cm³/mol. The molecule has 2 unspecified atom stereocenters. The van der Waals surface area contributed by atoms with Crippen LogP contribution in [0.5, 0.6) is 0 Å². The Balaban J connectivity index is 2.49. The van der Waals surface area contributed by atoms with E-state index in [9.17, 15) is 0 Å². The Labute approximate surface area is 93.1 Å². The van der Waals surface area contributed by atoms with Crippen molar-refractivity contribution in [3.63, 3.8) is 0 Å². The van der Waals surface area contributed by atoms with Crippen LogP contribution < -0.4 is 5.32 Å². The third-order valence-corrected chi connectivity index (χ3v) is 2.90. The molecular formula is C13H23NO. The highest BCUT2D eigenvalue weighted by Gasteiger charge is 2.16. The number of furan rings is 1. The number of hydrogen-bond acceptors (Lipinski definition) is 2. The van der Waals surface area contributed by atoms with E-state index in [1.165, 1.54) is 12.8 Å². The lowest BCUT2D eigenvalue weighted by Gasteiger charge is -2.23. The highest BCUT2D eigenvalue weighted by molar-refractivity contribution is 5.01. The molecule has 0 saturated heterocycles. The fourth-order valence-corrected chi connectivity index (χ4v) is 2.04. The fraction of sp³-hybridized carbons (Fsp3) is 0.692.